The summed E-state index contributed by atoms with van der Waals surface area (Å²) in [6, 6.07) is 4.40. The SMILES string of the molecule is CC(C)(C)OC(=O)N[C@H]1CCC[C@H]1NCc1cccnc1. The highest BCUT2D eigenvalue weighted by atomic mass is 16.6. The van der Waals surface area contributed by atoms with Gasteiger partial charge in [-0.05, 0) is 51.7 Å². The van der Waals surface area contributed by atoms with Gasteiger partial charge in [0.1, 0.15) is 5.60 Å². The molecule has 1 amide bonds. The number of nitrogens with one attached hydrogen (secondary N) is 2. The molecule has 1 aliphatic carbocycles. The number of ether oxygens (including phenoxy) is 1. The minimum Gasteiger partial charge on any atom is -0.444 e. The Balaban J connectivity index is 1.81. The third kappa shape index (κ3) is 5.34. The molecule has 1 aliphatic rings. The first-order valence-corrected chi connectivity index (χ1v) is 7.56. The smallest absolute Gasteiger partial charge is 0.407 e. The summed E-state index contributed by atoms with van der Waals surface area (Å²) in [5.41, 5.74) is 0.696. The van der Waals surface area contributed by atoms with Gasteiger partial charge >= 0.3 is 6.09 Å². The number of nitrogens with zero attached hydrogens (tertiary/aromatic N) is 1. The Kier molecular flexibility index (Phi) is 5.17. The molecule has 1 fully saturated rings. The zero-order chi connectivity index (χ0) is 15.3. The molecule has 0 unspecified atom stereocenters. The van der Waals surface area contributed by atoms with Gasteiger partial charge in [-0.15, -0.1) is 0 Å². The van der Waals surface area contributed by atoms with Crippen molar-refractivity contribution in [1.82, 2.24) is 15.6 Å². The van der Waals surface area contributed by atoms with Crippen LogP contribution in [-0.2, 0) is 11.3 Å². The summed E-state index contributed by atoms with van der Waals surface area (Å²) >= 11 is 0. The van der Waals surface area contributed by atoms with Gasteiger partial charge in [0.05, 0.1) is 0 Å². The molecule has 0 aliphatic heterocycles. The highest BCUT2D eigenvalue weighted by molar-refractivity contribution is 5.68. The lowest BCUT2D eigenvalue weighted by atomic mass is 10.1. The van der Waals surface area contributed by atoms with Gasteiger partial charge in [0.2, 0.25) is 0 Å². The van der Waals surface area contributed by atoms with Crippen LogP contribution in [-0.4, -0.2) is 28.8 Å². The number of aromatic nitrogens is 1. The van der Waals surface area contributed by atoms with E-state index in [9.17, 15) is 4.79 Å². The van der Waals surface area contributed by atoms with Crippen molar-refractivity contribution < 1.29 is 9.53 Å². The first kappa shape index (κ1) is 15.8. The number of carbonyl (C=O) groups is 1. The molecule has 2 atom stereocenters. The molecule has 1 aromatic heterocycles. The quantitative estimate of drug-likeness (QED) is 0.895. The fourth-order valence-electron chi connectivity index (χ4n) is 2.59. The van der Waals surface area contributed by atoms with E-state index in [4.69, 9.17) is 4.74 Å². The van der Waals surface area contributed by atoms with Crippen molar-refractivity contribution >= 4 is 6.09 Å². The van der Waals surface area contributed by atoms with E-state index < -0.39 is 5.60 Å². The summed E-state index contributed by atoms with van der Waals surface area (Å²) < 4.78 is 5.32. The van der Waals surface area contributed by atoms with E-state index in [1.54, 1.807) is 6.20 Å². The molecule has 0 saturated heterocycles. The van der Waals surface area contributed by atoms with E-state index in [1.807, 2.05) is 39.1 Å². The molecule has 116 valence electrons. The fraction of sp³-hybridized carbons (Fsp3) is 0.625. The van der Waals surface area contributed by atoms with Crippen molar-refractivity contribution in [3.05, 3.63) is 30.1 Å². The van der Waals surface area contributed by atoms with Crippen LogP contribution in [0.5, 0.6) is 0 Å². The summed E-state index contributed by atoms with van der Waals surface area (Å²) in [5.74, 6) is 0. The monoisotopic (exact) mass is 291 g/mol. The molecule has 1 heterocycles. The number of hydrogen-bond donors (Lipinski definition) is 2. The van der Waals surface area contributed by atoms with Gasteiger partial charge in [-0.1, -0.05) is 6.07 Å². The third-order valence-corrected chi connectivity index (χ3v) is 3.51. The first-order valence-electron chi connectivity index (χ1n) is 7.56. The summed E-state index contributed by atoms with van der Waals surface area (Å²) in [5, 5.41) is 6.49. The zero-order valence-electron chi connectivity index (χ0n) is 13.1. The Morgan fingerprint density at radius 3 is 2.81 bits per heavy atom. The second-order valence-corrected chi connectivity index (χ2v) is 6.53. The van der Waals surface area contributed by atoms with Gasteiger partial charge in [0.15, 0.2) is 0 Å². The molecule has 21 heavy (non-hydrogen) atoms. The third-order valence-electron chi connectivity index (χ3n) is 3.51. The van der Waals surface area contributed by atoms with Gasteiger partial charge in [-0.25, -0.2) is 4.79 Å². The topological polar surface area (TPSA) is 63.2 Å². The van der Waals surface area contributed by atoms with Gasteiger partial charge in [0, 0.05) is 31.0 Å². The maximum atomic E-state index is 11.9. The maximum absolute atomic E-state index is 11.9. The molecule has 1 aromatic rings. The van der Waals surface area contributed by atoms with E-state index in [0.717, 1.165) is 31.4 Å². The van der Waals surface area contributed by atoms with Gasteiger partial charge in [-0.2, -0.15) is 0 Å². The Morgan fingerprint density at radius 2 is 2.14 bits per heavy atom. The van der Waals surface area contributed by atoms with Crippen molar-refractivity contribution in [2.45, 2.75) is 64.3 Å². The van der Waals surface area contributed by atoms with Crippen LogP contribution >= 0.6 is 0 Å². The molecule has 0 spiro atoms. The van der Waals surface area contributed by atoms with Crippen molar-refractivity contribution in [2.75, 3.05) is 0 Å². The van der Waals surface area contributed by atoms with E-state index in [-0.39, 0.29) is 18.2 Å². The highest BCUT2D eigenvalue weighted by Crippen LogP contribution is 2.20. The summed E-state index contributed by atoms with van der Waals surface area (Å²) in [6.07, 6.45) is 6.47. The minimum atomic E-state index is -0.457. The minimum absolute atomic E-state index is 0.136. The van der Waals surface area contributed by atoms with Crippen molar-refractivity contribution in [3.63, 3.8) is 0 Å². The molecular weight excluding hydrogens is 266 g/mol. The summed E-state index contributed by atoms with van der Waals surface area (Å²) in [7, 11) is 0. The Labute approximate surface area is 126 Å². The van der Waals surface area contributed by atoms with Crippen LogP contribution in [0.1, 0.15) is 45.6 Å². The average molecular weight is 291 g/mol. The maximum Gasteiger partial charge on any atom is 0.407 e. The van der Waals surface area contributed by atoms with E-state index in [0.29, 0.717) is 0 Å². The van der Waals surface area contributed by atoms with Crippen LogP contribution in [0.15, 0.2) is 24.5 Å². The largest absolute Gasteiger partial charge is 0.444 e. The standard InChI is InChI=1S/C16H25N3O2/c1-16(2,3)21-15(20)19-14-8-4-7-13(14)18-11-12-6-5-9-17-10-12/h5-6,9-10,13-14,18H,4,7-8,11H2,1-3H3,(H,19,20)/t13-,14+/m1/s1. The van der Waals surface area contributed by atoms with Crippen LogP contribution in [0.4, 0.5) is 4.79 Å². The van der Waals surface area contributed by atoms with E-state index in [1.165, 1.54) is 0 Å². The lowest BCUT2D eigenvalue weighted by molar-refractivity contribution is 0.0498. The van der Waals surface area contributed by atoms with Gasteiger partial charge < -0.3 is 15.4 Å². The molecule has 5 heteroatoms. The number of carbonyl (C=O) groups excluding carboxylic acids is 1. The Morgan fingerprint density at radius 1 is 1.38 bits per heavy atom. The molecule has 2 N–H and O–H groups in total. The molecule has 2 rings (SSSR count). The molecular formula is C16H25N3O2. The molecule has 0 bridgehead atoms. The number of amides is 1. The lowest BCUT2D eigenvalue weighted by Crippen LogP contribution is -2.47. The van der Waals surface area contributed by atoms with Crippen LogP contribution in [0, 0.1) is 0 Å². The van der Waals surface area contributed by atoms with Crippen LogP contribution in [0.2, 0.25) is 0 Å². The predicted octanol–water partition coefficient (Wildman–Crippen LogP) is 2.62. The Bertz CT molecular complexity index is 456. The van der Waals surface area contributed by atoms with Crippen LogP contribution in [0.3, 0.4) is 0 Å². The van der Waals surface area contributed by atoms with Crippen molar-refractivity contribution in [1.29, 1.82) is 0 Å². The molecule has 0 aromatic carbocycles. The van der Waals surface area contributed by atoms with Gasteiger partial charge in [-0.3, -0.25) is 4.98 Å². The van der Waals surface area contributed by atoms with Crippen molar-refractivity contribution in [3.8, 4) is 0 Å². The first-order chi connectivity index (χ1) is 9.94. The number of alkyl carbamates (subject to hydrolysis) is 1. The summed E-state index contributed by atoms with van der Waals surface area (Å²) in [4.78, 5) is 16.0. The second kappa shape index (κ2) is 6.89. The molecule has 1 saturated carbocycles. The normalized spacial score (nSPS) is 22.0. The van der Waals surface area contributed by atoms with E-state index in [2.05, 4.69) is 15.6 Å². The lowest BCUT2D eigenvalue weighted by Gasteiger charge is -2.25. The van der Waals surface area contributed by atoms with Crippen molar-refractivity contribution in [2.24, 2.45) is 0 Å². The summed E-state index contributed by atoms with van der Waals surface area (Å²) in [6.45, 7) is 6.39. The number of pyridine rings is 1. The van der Waals surface area contributed by atoms with E-state index >= 15 is 0 Å². The fourth-order valence-corrected chi connectivity index (χ4v) is 2.59. The molecule has 0 radical (unpaired) electrons. The highest BCUT2D eigenvalue weighted by Gasteiger charge is 2.29. The van der Waals surface area contributed by atoms with Crippen LogP contribution in [0.25, 0.3) is 0 Å². The second-order valence-electron chi connectivity index (χ2n) is 6.53. The molecule has 5 nitrogen and oxygen atoms in total. The van der Waals surface area contributed by atoms with Crippen LogP contribution < -0.4 is 10.6 Å². The predicted molar refractivity (Wildman–Crippen MR) is 81.9 cm³/mol. The Hall–Kier alpha value is -1.62. The van der Waals surface area contributed by atoms with Gasteiger partial charge in [0.25, 0.3) is 0 Å². The average Bonchev–Trinajstić information content (AvgIpc) is 2.82. The number of hydrogen-bond acceptors (Lipinski definition) is 4. The zero-order valence-corrected chi connectivity index (χ0v) is 13.1. The number of rotatable bonds is 4.